The highest BCUT2D eigenvalue weighted by Crippen LogP contribution is 2.61. The molecule has 4 atom stereocenters. The second-order valence-electron chi connectivity index (χ2n) is 9.31. The largest absolute Gasteiger partial charge is 0.324 e. The molecule has 168 valence electrons. The summed E-state index contributed by atoms with van der Waals surface area (Å²) in [6.07, 6.45) is 1.56. The molecule has 4 aliphatic heterocycles. The van der Waals surface area contributed by atoms with Crippen LogP contribution in [0.2, 0.25) is 0 Å². The molecule has 1 spiro atoms. The highest BCUT2D eigenvalue weighted by Gasteiger charge is 2.74. The van der Waals surface area contributed by atoms with E-state index in [1.165, 1.54) is 12.1 Å². The Morgan fingerprint density at radius 1 is 1.09 bits per heavy atom. The normalized spacial score (nSPS) is 30.1. The Labute approximate surface area is 189 Å². The number of nitro groups is 1. The van der Waals surface area contributed by atoms with Crippen molar-refractivity contribution >= 4 is 34.8 Å². The minimum Gasteiger partial charge on any atom is -0.324 e. The Kier molecular flexibility index (Phi) is 3.93. The van der Waals surface area contributed by atoms with Crippen molar-refractivity contribution in [1.82, 2.24) is 4.90 Å². The van der Waals surface area contributed by atoms with Gasteiger partial charge in [0.2, 0.25) is 17.7 Å². The van der Waals surface area contributed by atoms with Crippen LogP contribution in [0.25, 0.3) is 0 Å². The molecule has 0 aliphatic carbocycles. The van der Waals surface area contributed by atoms with Crippen LogP contribution in [0.4, 0.5) is 17.1 Å². The van der Waals surface area contributed by atoms with E-state index in [2.05, 4.69) is 10.2 Å². The summed E-state index contributed by atoms with van der Waals surface area (Å²) in [6.45, 7) is 4.09. The molecule has 9 heteroatoms. The van der Waals surface area contributed by atoms with Gasteiger partial charge in [0.25, 0.3) is 5.69 Å². The van der Waals surface area contributed by atoms with Gasteiger partial charge in [0.15, 0.2) is 0 Å². The van der Waals surface area contributed by atoms with E-state index in [1.807, 2.05) is 25.1 Å². The molecule has 2 aromatic carbocycles. The molecule has 0 radical (unpaired) electrons. The number of nitro benzene ring substituents is 1. The van der Waals surface area contributed by atoms with Crippen LogP contribution in [0.1, 0.15) is 29.5 Å². The fourth-order valence-corrected chi connectivity index (χ4v) is 6.67. The molecule has 4 aliphatic rings. The standard InChI is InChI=1S/C24H22N4O5/c1-12-6-3-7-14-20(12)25-23(31)24(14)19-18(17-10-5-11-26(17)24)21(29)27(22(19)30)15-8-4-9-16(13(15)2)28(32)33/h3-4,6-9,17-19H,5,10-11H2,1-2H3,(H,25,31)/t17-,18-,19-,24+/m1/s1. The van der Waals surface area contributed by atoms with Crippen molar-refractivity contribution in [2.24, 2.45) is 11.8 Å². The molecule has 2 aromatic rings. The lowest BCUT2D eigenvalue weighted by molar-refractivity contribution is -0.385. The van der Waals surface area contributed by atoms with Crippen LogP contribution in [0, 0.1) is 35.8 Å². The van der Waals surface area contributed by atoms with E-state index in [0.717, 1.165) is 28.9 Å². The maximum Gasteiger partial charge on any atom is 0.274 e. The summed E-state index contributed by atoms with van der Waals surface area (Å²) in [4.78, 5) is 55.6. The first-order valence-corrected chi connectivity index (χ1v) is 11.1. The third kappa shape index (κ3) is 2.22. The molecule has 6 rings (SSSR count). The molecule has 3 saturated heterocycles. The molecule has 0 bridgehead atoms. The number of rotatable bonds is 2. The number of fused-ring (bicyclic) bond motifs is 7. The second kappa shape index (κ2) is 6.48. The van der Waals surface area contributed by atoms with Crippen molar-refractivity contribution in [2.75, 3.05) is 16.8 Å². The van der Waals surface area contributed by atoms with E-state index >= 15 is 0 Å². The number of nitrogens with one attached hydrogen (secondary N) is 1. The van der Waals surface area contributed by atoms with Crippen LogP contribution >= 0.6 is 0 Å². The number of benzene rings is 2. The van der Waals surface area contributed by atoms with Crippen LogP contribution in [0.15, 0.2) is 36.4 Å². The number of carbonyl (C=O) groups is 3. The van der Waals surface area contributed by atoms with Gasteiger partial charge in [-0.15, -0.1) is 0 Å². The molecule has 4 heterocycles. The Morgan fingerprint density at radius 2 is 1.85 bits per heavy atom. The van der Waals surface area contributed by atoms with E-state index in [0.29, 0.717) is 12.2 Å². The lowest BCUT2D eigenvalue weighted by Gasteiger charge is -2.36. The number of carbonyl (C=O) groups excluding carboxylic acids is 3. The first-order valence-electron chi connectivity index (χ1n) is 11.1. The molecule has 3 fully saturated rings. The van der Waals surface area contributed by atoms with Gasteiger partial charge in [0, 0.05) is 23.4 Å². The molecule has 1 N–H and O–H groups in total. The van der Waals surface area contributed by atoms with Gasteiger partial charge in [-0.25, -0.2) is 4.90 Å². The molecule has 3 amide bonds. The highest BCUT2D eigenvalue weighted by atomic mass is 16.6. The molecule has 0 saturated carbocycles. The fourth-order valence-electron chi connectivity index (χ4n) is 6.67. The number of hydrogen-bond acceptors (Lipinski definition) is 6. The summed E-state index contributed by atoms with van der Waals surface area (Å²) < 4.78 is 0. The van der Waals surface area contributed by atoms with Crippen molar-refractivity contribution in [2.45, 2.75) is 38.3 Å². The molecule has 33 heavy (non-hydrogen) atoms. The highest BCUT2D eigenvalue weighted by molar-refractivity contribution is 6.26. The maximum absolute atomic E-state index is 14.0. The topological polar surface area (TPSA) is 113 Å². The first kappa shape index (κ1) is 20.0. The molecule has 0 unspecified atom stereocenters. The van der Waals surface area contributed by atoms with Gasteiger partial charge in [-0.3, -0.25) is 29.4 Å². The summed E-state index contributed by atoms with van der Waals surface area (Å²) >= 11 is 0. The SMILES string of the molecule is Cc1cccc2c1NC(=O)[C@@]21[C@H]2C(=O)N(c3cccc([N+](=O)[O-])c3C)C(=O)[C@@H]2[C@H]2CCCN21. The Morgan fingerprint density at radius 3 is 2.61 bits per heavy atom. The average Bonchev–Trinajstić information content (AvgIpc) is 3.48. The minimum absolute atomic E-state index is 0.151. The van der Waals surface area contributed by atoms with Crippen molar-refractivity contribution in [1.29, 1.82) is 0 Å². The van der Waals surface area contributed by atoms with Crippen molar-refractivity contribution in [3.8, 4) is 0 Å². The Balaban J connectivity index is 1.56. The maximum atomic E-state index is 14.0. The van der Waals surface area contributed by atoms with Crippen LogP contribution in [0.3, 0.4) is 0 Å². The Bertz CT molecular complexity index is 1290. The second-order valence-corrected chi connectivity index (χ2v) is 9.31. The van der Waals surface area contributed by atoms with E-state index < -0.39 is 28.2 Å². The zero-order chi connectivity index (χ0) is 23.2. The van der Waals surface area contributed by atoms with Crippen LogP contribution in [0.5, 0.6) is 0 Å². The van der Waals surface area contributed by atoms with E-state index in [-0.39, 0.29) is 34.8 Å². The van der Waals surface area contributed by atoms with Crippen molar-refractivity contribution in [3.63, 3.8) is 0 Å². The quantitative estimate of drug-likeness (QED) is 0.431. The van der Waals surface area contributed by atoms with E-state index in [1.54, 1.807) is 13.0 Å². The van der Waals surface area contributed by atoms with Gasteiger partial charge in [-0.1, -0.05) is 24.3 Å². The van der Waals surface area contributed by atoms with Crippen LogP contribution < -0.4 is 10.2 Å². The van der Waals surface area contributed by atoms with E-state index in [9.17, 15) is 24.5 Å². The first-order chi connectivity index (χ1) is 15.8. The summed E-state index contributed by atoms with van der Waals surface area (Å²) in [5.74, 6) is -2.67. The summed E-state index contributed by atoms with van der Waals surface area (Å²) in [7, 11) is 0. The Hall–Kier alpha value is -3.59. The molecule has 9 nitrogen and oxygen atoms in total. The summed E-state index contributed by atoms with van der Waals surface area (Å²) in [5.41, 5.74) is 1.43. The van der Waals surface area contributed by atoms with Gasteiger partial charge < -0.3 is 5.32 Å². The van der Waals surface area contributed by atoms with Gasteiger partial charge in [-0.05, 0) is 44.9 Å². The zero-order valence-corrected chi connectivity index (χ0v) is 18.2. The number of para-hydroxylation sites is 1. The third-order valence-electron chi connectivity index (χ3n) is 7.95. The number of imide groups is 1. The monoisotopic (exact) mass is 446 g/mol. The van der Waals surface area contributed by atoms with Gasteiger partial charge in [0.1, 0.15) is 5.54 Å². The number of anilines is 2. The number of amides is 3. The number of hydrogen-bond donors (Lipinski definition) is 1. The zero-order valence-electron chi connectivity index (χ0n) is 18.2. The van der Waals surface area contributed by atoms with Crippen molar-refractivity contribution in [3.05, 3.63) is 63.2 Å². The number of nitrogens with zero attached hydrogens (tertiary/aromatic N) is 3. The predicted molar refractivity (Wildman–Crippen MR) is 119 cm³/mol. The minimum atomic E-state index is -1.25. The lowest BCUT2D eigenvalue weighted by atomic mass is 9.75. The van der Waals surface area contributed by atoms with Crippen molar-refractivity contribution < 1.29 is 19.3 Å². The summed E-state index contributed by atoms with van der Waals surface area (Å²) in [6, 6.07) is 9.82. The van der Waals surface area contributed by atoms with E-state index in [4.69, 9.17) is 0 Å². The molecule has 0 aromatic heterocycles. The molecular weight excluding hydrogens is 424 g/mol. The average molecular weight is 446 g/mol. The summed E-state index contributed by atoms with van der Waals surface area (Å²) in [5, 5.41) is 14.5. The van der Waals surface area contributed by atoms with Gasteiger partial charge >= 0.3 is 0 Å². The van der Waals surface area contributed by atoms with Gasteiger partial charge in [-0.2, -0.15) is 0 Å². The fraction of sp³-hybridized carbons (Fsp3) is 0.375. The molecular formula is C24H22N4O5. The predicted octanol–water partition coefficient (Wildman–Crippen LogP) is 2.64. The van der Waals surface area contributed by atoms with Crippen LogP contribution in [-0.2, 0) is 19.9 Å². The van der Waals surface area contributed by atoms with Gasteiger partial charge in [0.05, 0.1) is 28.0 Å². The smallest absolute Gasteiger partial charge is 0.274 e. The third-order valence-corrected chi connectivity index (χ3v) is 7.95. The number of aryl methyl sites for hydroxylation is 1. The van der Waals surface area contributed by atoms with Crippen LogP contribution in [-0.4, -0.2) is 40.1 Å². The lowest BCUT2D eigenvalue weighted by Crippen LogP contribution is -2.54.